The van der Waals surface area contributed by atoms with E-state index in [1.54, 1.807) is 0 Å². The zero-order chi connectivity index (χ0) is 15.0. The number of hydrogen-bond donors (Lipinski definition) is 0. The van der Waals surface area contributed by atoms with Gasteiger partial charge in [0.15, 0.2) is 0 Å². The van der Waals surface area contributed by atoms with Gasteiger partial charge in [-0.05, 0) is 38.5 Å². The minimum atomic E-state index is 0.121. The molecule has 0 heterocycles. The maximum atomic E-state index is 2.44. The molecule has 0 aromatic rings. The molecular formula is C18H33PS3. The summed E-state index contributed by atoms with van der Waals surface area (Å²) in [6, 6.07) is 0. The van der Waals surface area contributed by atoms with E-state index in [1.165, 1.54) is 96.3 Å². The van der Waals surface area contributed by atoms with E-state index >= 15 is 0 Å². The van der Waals surface area contributed by atoms with Gasteiger partial charge in [0.1, 0.15) is 0 Å². The Morgan fingerprint density at radius 1 is 0.409 bits per heavy atom. The van der Waals surface area contributed by atoms with Crippen LogP contribution in [0.3, 0.4) is 0 Å². The summed E-state index contributed by atoms with van der Waals surface area (Å²) in [4.78, 5) is 0. The van der Waals surface area contributed by atoms with Gasteiger partial charge in [-0.1, -0.05) is 57.8 Å². The highest BCUT2D eigenvalue weighted by Crippen LogP contribution is 2.75. The minimum Gasteiger partial charge on any atom is -0.109 e. The fourth-order valence-electron chi connectivity index (χ4n) is 3.95. The molecule has 0 atom stereocenters. The van der Waals surface area contributed by atoms with Crippen molar-refractivity contribution in [2.45, 2.75) is 112 Å². The van der Waals surface area contributed by atoms with Gasteiger partial charge in [-0.25, -0.2) is 0 Å². The van der Waals surface area contributed by atoms with Crippen LogP contribution in [0.1, 0.15) is 96.3 Å². The monoisotopic (exact) mass is 376 g/mol. The second-order valence-corrected chi connectivity index (χ2v) is 17.7. The Balaban J connectivity index is 1.50. The molecule has 0 spiro atoms. The van der Waals surface area contributed by atoms with Crippen LogP contribution in [0.4, 0.5) is 0 Å². The van der Waals surface area contributed by atoms with Crippen LogP contribution < -0.4 is 0 Å². The molecule has 3 aliphatic carbocycles. The molecule has 0 amide bonds. The predicted molar refractivity (Wildman–Crippen MR) is 110 cm³/mol. The van der Waals surface area contributed by atoms with Gasteiger partial charge in [-0.2, -0.15) is 0 Å². The molecule has 22 heavy (non-hydrogen) atoms. The molecule has 0 aliphatic heterocycles. The van der Waals surface area contributed by atoms with Gasteiger partial charge in [-0.15, -0.1) is 34.1 Å². The molecule has 3 rings (SSSR count). The molecule has 0 unspecified atom stereocenters. The molecule has 0 saturated heterocycles. The summed E-state index contributed by atoms with van der Waals surface area (Å²) in [5, 5.41) is 3.02. The average molecular weight is 377 g/mol. The topological polar surface area (TPSA) is 0 Å². The zero-order valence-electron chi connectivity index (χ0n) is 14.0. The van der Waals surface area contributed by atoms with Crippen molar-refractivity contribution in [3.05, 3.63) is 0 Å². The van der Waals surface area contributed by atoms with Crippen LogP contribution in [0.25, 0.3) is 0 Å². The van der Waals surface area contributed by atoms with E-state index in [0.717, 1.165) is 15.7 Å². The third-order valence-electron chi connectivity index (χ3n) is 5.36. The van der Waals surface area contributed by atoms with Gasteiger partial charge in [0, 0.05) is 15.7 Å². The minimum absolute atomic E-state index is 0.121. The Morgan fingerprint density at radius 2 is 0.682 bits per heavy atom. The normalized spacial score (nSPS) is 26.6. The molecular weight excluding hydrogens is 343 g/mol. The quantitative estimate of drug-likeness (QED) is 0.427. The van der Waals surface area contributed by atoms with E-state index in [1.807, 2.05) is 0 Å². The second-order valence-electron chi connectivity index (χ2n) is 7.32. The molecule has 128 valence electrons. The van der Waals surface area contributed by atoms with Gasteiger partial charge < -0.3 is 0 Å². The van der Waals surface area contributed by atoms with Gasteiger partial charge in [0.2, 0.25) is 0 Å². The van der Waals surface area contributed by atoms with Crippen LogP contribution >= 0.6 is 39.7 Å². The Bertz CT molecular complexity index is 247. The van der Waals surface area contributed by atoms with E-state index in [9.17, 15) is 0 Å². The highest BCUT2D eigenvalue weighted by atomic mass is 33.4. The van der Waals surface area contributed by atoms with Crippen molar-refractivity contribution in [2.24, 2.45) is 0 Å². The van der Waals surface area contributed by atoms with Crippen LogP contribution in [0, 0.1) is 0 Å². The first-order valence-corrected chi connectivity index (χ1v) is 15.5. The van der Waals surface area contributed by atoms with Crippen LogP contribution in [-0.4, -0.2) is 15.7 Å². The van der Waals surface area contributed by atoms with E-state index in [4.69, 9.17) is 0 Å². The smallest absolute Gasteiger partial charge is 0.0737 e. The first-order chi connectivity index (χ1) is 10.9. The number of hydrogen-bond acceptors (Lipinski definition) is 3. The molecule has 0 N–H and O–H groups in total. The molecule has 3 fully saturated rings. The van der Waals surface area contributed by atoms with Gasteiger partial charge in [0.25, 0.3) is 0 Å². The van der Waals surface area contributed by atoms with Crippen molar-refractivity contribution >= 4 is 39.7 Å². The fraction of sp³-hybridized carbons (Fsp3) is 1.00. The summed E-state index contributed by atoms with van der Waals surface area (Å²) >= 11 is 7.33. The molecule has 3 aliphatic rings. The third kappa shape index (κ3) is 6.41. The molecule has 3 saturated carbocycles. The van der Waals surface area contributed by atoms with Crippen LogP contribution in [0.2, 0.25) is 0 Å². The van der Waals surface area contributed by atoms with Crippen molar-refractivity contribution < 1.29 is 0 Å². The largest absolute Gasteiger partial charge is 0.109 e. The molecule has 0 nitrogen and oxygen atoms in total. The summed E-state index contributed by atoms with van der Waals surface area (Å²) in [5.41, 5.74) is 0.121. The van der Waals surface area contributed by atoms with E-state index in [0.29, 0.717) is 0 Å². The lowest BCUT2D eigenvalue weighted by Crippen LogP contribution is -2.10. The first kappa shape index (κ1) is 18.3. The standard InChI is InChI=1S/C18H33PS3/c1-4-10-16(11-5-1)20-19(21-17-12-6-2-7-13-17)22-18-14-8-3-9-15-18/h16-18H,1-15H2. The predicted octanol–water partition coefficient (Wildman–Crippen LogP) is 8.41. The van der Waals surface area contributed by atoms with Gasteiger partial charge in [-0.3, -0.25) is 0 Å². The van der Waals surface area contributed by atoms with E-state index < -0.39 is 0 Å². The lowest BCUT2D eigenvalue weighted by molar-refractivity contribution is 0.516. The lowest BCUT2D eigenvalue weighted by Gasteiger charge is -2.32. The van der Waals surface area contributed by atoms with Crippen molar-refractivity contribution in [2.75, 3.05) is 0 Å². The Hall–Kier alpha value is 1.48. The summed E-state index contributed by atoms with van der Waals surface area (Å²) in [6.45, 7) is 0. The molecule has 0 bridgehead atoms. The van der Waals surface area contributed by atoms with E-state index in [2.05, 4.69) is 34.1 Å². The highest BCUT2D eigenvalue weighted by Gasteiger charge is 2.27. The molecule has 0 aromatic heterocycles. The van der Waals surface area contributed by atoms with Crippen molar-refractivity contribution in [3.63, 3.8) is 0 Å². The lowest BCUT2D eigenvalue weighted by atomic mass is 10.0. The van der Waals surface area contributed by atoms with Crippen LogP contribution in [-0.2, 0) is 0 Å². The van der Waals surface area contributed by atoms with E-state index in [-0.39, 0.29) is 5.53 Å². The zero-order valence-corrected chi connectivity index (χ0v) is 17.4. The Labute approximate surface area is 151 Å². The van der Waals surface area contributed by atoms with Crippen molar-refractivity contribution in [3.8, 4) is 0 Å². The second kappa shape index (κ2) is 10.5. The maximum Gasteiger partial charge on any atom is 0.0737 e. The summed E-state index contributed by atoms with van der Waals surface area (Å²) in [5.74, 6) is 0. The van der Waals surface area contributed by atoms with Crippen molar-refractivity contribution in [1.82, 2.24) is 0 Å². The maximum absolute atomic E-state index is 2.44. The number of rotatable bonds is 6. The van der Waals surface area contributed by atoms with Crippen LogP contribution in [0.15, 0.2) is 0 Å². The summed E-state index contributed by atoms with van der Waals surface area (Å²) < 4.78 is 0. The molecule has 0 radical (unpaired) electrons. The Kier molecular flexibility index (Phi) is 8.69. The van der Waals surface area contributed by atoms with Gasteiger partial charge >= 0.3 is 0 Å². The average Bonchev–Trinajstić information content (AvgIpc) is 2.57. The molecule has 4 heteroatoms. The summed E-state index contributed by atoms with van der Waals surface area (Å²) in [6.07, 6.45) is 22.6. The fourth-order valence-corrected chi connectivity index (χ4v) is 18.9. The Morgan fingerprint density at radius 3 is 0.955 bits per heavy atom. The summed E-state index contributed by atoms with van der Waals surface area (Å²) in [7, 11) is 0. The van der Waals surface area contributed by atoms with Crippen molar-refractivity contribution in [1.29, 1.82) is 0 Å². The SMILES string of the molecule is C1CCC(SP(SC2CCCCC2)SC2CCCCC2)CC1. The first-order valence-electron chi connectivity index (χ1n) is 9.70. The molecule has 0 aromatic carbocycles. The highest BCUT2D eigenvalue weighted by molar-refractivity contribution is 9.12. The third-order valence-corrected chi connectivity index (χ3v) is 17.1. The van der Waals surface area contributed by atoms with Crippen LogP contribution in [0.5, 0.6) is 0 Å². The van der Waals surface area contributed by atoms with Gasteiger partial charge in [0.05, 0.1) is 5.53 Å².